The molecule has 0 aliphatic carbocycles. The zero-order chi connectivity index (χ0) is 16.0. The molecule has 120 valence electrons. The molecule has 0 saturated carbocycles. The average molecular weight is 352 g/mol. The van der Waals surface area contributed by atoms with E-state index in [1.165, 1.54) is 0 Å². The molecule has 7 heteroatoms. The Hall–Kier alpha value is -0.590. The van der Waals surface area contributed by atoms with Crippen LogP contribution in [0, 0.1) is 6.92 Å². The van der Waals surface area contributed by atoms with Gasteiger partial charge in [0.15, 0.2) is 0 Å². The van der Waals surface area contributed by atoms with Gasteiger partial charge in [0.1, 0.15) is 4.21 Å². The third-order valence-corrected chi connectivity index (χ3v) is 6.60. The van der Waals surface area contributed by atoms with Crippen molar-refractivity contribution in [3.8, 4) is 0 Å². The van der Waals surface area contributed by atoms with Crippen molar-refractivity contribution in [3.63, 3.8) is 0 Å². The van der Waals surface area contributed by atoms with E-state index in [4.69, 9.17) is 10.7 Å². The van der Waals surface area contributed by atoms with Gasteiger partial charge in [0.25, 0.3) is 15.0 Å². The Balaban J connectivity index is 3.00. The lowest BCUT2D eigenvalue weighted by Gasteiger charge is -2.22. The van der Waals surface area contributed by atoms with Gasteiger partial charge in [0.05, 0.1) is 5.56 Å². The van der Waals surface area contributed by atoms with Gasteiger partial charge in [0, 0.05) is 29.2 Å². The molecule has 4 nitrogen and oxygen atoms in total. The van der Waals surface area contributed by atoms with Gasteiger partial charge in [-0.2, -0.15) is 0 Å². The molecule has 1 aromatic heterocycles. The Bertz CT molecular complexity index is 573. The van der Waals surface area contributed by atoms with E-state index in [1.54, 1.807) is 12.3 Å². The summed E-state index contributed by atoms with van der Waals surface area (Å²) in [5.41, 5.74) is 0.907. The van der Waals surface area contributed by atoms with Crippen LogP contribution >= 0.6 is 22.0 Å². The quantitative estimate of drug-likeness (QED) is 0.664. The van der Waals surface area contributed by atoms with E-state index in [9.17, 15) is 13.2 Å². The van der Waals surface area contributed by atoms with E-state index in [2.05, 4.69) is 13.8 Å². The normalized spacial score (nSPS) is 11.6. The van der Waals surface area contributed by atoms with Crippen molar-refractivity contribution >= 4 is 37.0 Å². The van der Waals surface area contributed by atoms with Crippen LogP contribution in [-0.2, 0) is 9.05 Å². The maximum atomic E-state index is 12.6. The van der Waals surface area contributed by atoms with Crippen LogP contribution in [0.5, 0.6) is 0 Å². The number of hydrogen-bond acceptors (Lipinski definition) is 4. The van der Waals surface area contributed by atoms with Crippen molar-refractivity contribution in [2.24, 2.45) is 0 Å². The van der Waals surface area contributed by atoms with Gasteiger partial charge in [-0.3, -0.25) is 4.79 Å². The summed E-state index contributed by atoms with van der Waals surface area (Å²) < 4.78 is 23.0. The Morgan fingerprint density at radius 1 is 1.24 bits per heavy atom. The smallest absolute Gasteiger partial charge is 0.271 e. The molecule has 0 aliphatic heterocycles. The van der Waals surface area contributed by atoms with Crippen molar-refractivity contribution in [1.82, 2.24) is 4.90 Å². The second-order valence-electron chi connectivity index (χ2n) is 5.00. The van der Waals surface area contributed by atoms with Crippen LogP contribution in [-0.4, -0.2) is 32.3 Å². The molecule has 0 saturated heterocycles. The third kappa shape index (κ3) is 4.97. The van der Waals surface area contributed by atoms with E-state index < -0.39 is 9.05 Å². The molecule has 0 atom stereocenters. The fourth-order valence-electron chi connectivity index (χ4n) is 2.03. The average Bonchev–Trinajstić information content (AvgIpc) is 2.80. The Morgan fingerprint density at radius 3 is 2.14 bits per heavy atom. The van der Waals surface area contributed by atoms with Crippen molar-refractivity contribution < 1.29 is 13.2 Å². The number of hydrogen-bond donors (Lipinski definition) is 0. The highest BCUT2D eigenvalue weighted by Crippen LogP contribution is 2.30. The summed E-state index contributed by atoms with van der Waals surface area (Å²) in [6.45, 7) is 7.20. The van der Waals surface area contributed by atoms with E-state index in [0.29, 0.717) is 24.2 Å². The maximum absolute atomic E-state index is 12.6. The Kier molecular flexibility index (Phi) is 7.16. The van der Waals surface area contributed by atoms with Crippen LogP contribution in [0.4, 0.5) is 0 Å². The minimum absolute atomic E-state index is 0.0680. The van der Waals surface area contributed by atoms with Crippen LogP contribution in [0.3, 0.4) is 0 Å². The fraction of sp³-hybridized carbons (Fsp3) is 0.643. The summed E-state index contributed by atoms with van der Waals surface area (Å²) >= 11 is 1.01. The first-order chi connectivity index (χ1) is 9.82. The number of nitrogens with zero attached hydrogens (tertiary/aromatic N) is 1. The summed E-state index contributed by atoms with van der Waals surface area (Å²) in [6, 6.07) is 0. The van der Waals surface area contributed by atoms with Crippen molar-refractivity contribution in [2.75, 3.05) is 13.1 Å². The number of amides is 1. The van der Waals surface area contributed by atoms with E-state index in [-0.39, 0.29) is 10.1 Å². The largest absolute Gasteiger partial charge is 0.339 e. The van der Waals surface area contributed by atoms with Crippen molar-refractivity contribution in [1.29, 1.82) is 0 Å². The van der Waals surface area contributed by atoms with Gasteiger partial charge in [-0.05, 0) is 25.3 Å². The van der Waals surface area contributed by atoms with Crippen LogP contribution in [0.15, 0.2) is 9.59 Å². The predicted octanol–water partition coefficient (Wildman–Crippen LogP) is 4.03. The Morgan fingerprint density at radius 2 is 1.76 bits per heavy atom. The highest BCUT2D eigenvalue weighted by molar-refractivity contribution is 8.15. The molecule has 0 radical (unpaired) electrons. The highest BCUT2D eigenvalue weighted by Gasteiger charge is 2.24. The number of carbonyl (C=O) groups excluding carboxylic acids is 1. The third-order valence-electron chi connectivity index (χ3n) is 3.30. The lowest BCUT2D eigenvalue weighted by molar-refractivity contribution is 0.0750. The van der Waals surface area contributed by atoms with Crippen LogP contribution in [0.25, 0.3) is 0 Å². The molecule has 0 bridgehead atoms. The molecule has 1 heterocycles. The zero-order valence-corrected chi connectivity index (χ0v) is 15.1. The molecule has 0 N–H and O–H groups in total. The van der Waals surface area contributed by atoms with Gasteiger partial charge in [-0.25, -0.2) is 8.42 Å². The minimum atomic E-state index is -3.79. The monoisotopic (exact) mass is 351 g/mol. The lowest BCUT2D eigenvalue weighted by Crippen LogP contribution is -2.33. The fourth-order valence-corrected chi connectivity index (χ4v) is 4.58. The molecule has 0 fully saturated rings. The van der Waals surface area contributed by atoms with Gasteiger partial charge in [0.2, 0.25) is 0 Å². The van der Waals surface area contributed by atoms with Gasteiger partial charge < -0.3 is 4.90 Å². The summed E-state index contributed by atoms with van der Waals surface area (Å²) in [6.07, 6.45) is 3.91. The number of thiophene rings is 1. The van der Waals surface area contributed by atoms with E-state index in [0.717, 1.165) is 37.0 Å². The first-order valence-corrected chi connectivity index (χ1v) is 10.3. The first-order valence-electron chi connectivity index (χ1n) is 7.14. The molecular formula is C14H22ClNO3S2. The summed E-state index contributed by atoms with van der Waals surface area (Å²) in [4.78, 5) is 14.4. The van der Waals surface area contributed by atoms with Crippen molar-refractivity contribution in [3.05, 3.63) is 16.5 Å². The standard InChI is InChI=1S/C14H22ClNO3S2/c1-4-6-8-16(9-7-5-2)13(17)12-10-20-14(11(12)3)21(15,18)19/h10H,4-9H2,1-3H3. The zero-order valence-electron chi connectivity index (χ0n) is 12.7. The maximum Gasteiger partial charge on any atom is 0.271 e. The highest BCUT2D eigenvalue weighted by atomic mass is 35.7. The summed E-state index contributed by atoms with van der Waals surface area (Å²) in [5.74, 6) is -0.0998. The first kappa shape index (κ1) is 18.5. The molecule has 1 rings (SSSR count). The molecule has 0 spiro atoms. The summed E-state index contributed by atoms with van der Waals surface area (Å²) in [5, 5.41) is 1.60. The second kappa shape index (κ2) is 8.15. The number of halogens is 1. The van der Waals surface area contributed by atoms with E-state index in [1.807, 2.05) is 4.90 Å². The number of carbonyl (C=O) groups is 1. The molecule has 1 aromatic rings. The van der Waals surface area contributed by atoms with Gasteiger partial charge in [-0.15, -0.1) is 11.3 Å². The minimum Gasteiger partial charge on any atom is -0.339 e. The van der Waals surface area contributed by atoms with Crippen LogP contribution in [0.2, 0.25) is 0 Å². The van der Waals surface area contributed by atoms with Crippen LogP contribution < -0.4 is 0 Å². The molecule has 21 heavy (non-hydrogen) atoms. The second-order valence-corrected chi connectivity index (χ2v) is 8.64. The Labute approximate surface area is 135 Å². The number of rotatable bonds is 8. The molecule has 0 unspecified atom stereocenters. The number of unbranched alkanes of at least 4 members (excludes halogenated alkanes) is 2. The van der Waals surface area contributed by atoms with Crippen molar-refractivity contribution in [2.45, 2.75) is 50.7 Å². The van der Waals surface area contributed by atoms with Gasteiger partial charge >= 0.3 is 0 Å². The molecular weight excluding hydrogens is 330 g/mol. The predicted molar refractivity (Wildman–Crippen MR) is 87.8 cm³/mol. The van der Waals surface area contributed by atoms with Crippen LogP contribution in [0.1, 0.15) is 55.5 Å². The molecule has 0 aliphatic rings. The SMILES string of the molecule is CCCCN(CCCC)C(=O)c1csc(S(=O)(=O)Cl)c1C. The topological polar surface area (TPSA) is 54.5 Å². The molecule has 0 aromatic carbocycles. The lowest BCUT2D eigenvalue weighted by atomic mass is 10.1. The van der Waals surface area contributed by atoms with Gasteiger partial charge in [-0.1, -0.05) is 26.7 Å². The summed E-state index contributed by atoms with van der Waals surface area (Å²) in [7, 11) is 1.60. The van der Waals surface area contributed by atoms with E-state index >= 15 is 0 Å². The molecule has 1 amide bonds.